The van der Waals surface area contributed by atoms with E-state index in [1.54, 1.807) is 0 Å². The third-order valence-corrected chi connectivity index (χ3v) is 3.20. The van der Waals surface area contributed by atoms with Crippen LogP contribution in [-0.2, 0) is 47.1 Å². The van der Waals surface area contributed by atoms with Gasteiger partial charge in [0.1, 0.15) is 0 Å². The molecule has 21 heavy (non-hydrogen) atoms. The molecule has 0 bridgehead atoms. The van der Waals surface area contributed by atoms with Crippen LogP contribution >= 0.6 is 17.0 Å². The van der Waals surface area contributed by atoms with Gasteiger partial charge in [-0.2, -0.15) is 6.07 Å². The number of halogens is 2. The Morgan fingerprint density at radius 3 is 2.19 bits per heavy atom. The maximum atomic E-state index is 4.93. The van der Waals surface area contributed by atoms with Crippen LogP contribution in [0.5, 0.6) is 0 Å². The maximum absolute atomic E-state index is 4.93. The van der Waals surface area contributed by atoms with E-state index in [4.69, 9.17) is 17.0 Å². The van der Waals surface area contributed by atoms with Crippen LogP contribution in [0.3, 0.4) is 0 Å². The fourth-order valence-corrected chi connectivity index (χ4v) is 2.48. The Morgan fingerprint density at radius 2 is 1.57 bits per heavy atom. The molecule has 4 heteroatoms. The minimum atomic E-state index is -0.826. The van der Waals surface area contributed by atoms with Gasteiger partial charge in [0.2, 0.25) is 0 Å². The minimum Gasteiger partial charge on any atom is 0 e. The number of fused-ring (bicyclic) bond motifs is 1. The van der Waals surface area contributed by atoms with Crippen molar-refractivity contribution in [1.29, 1.82) is 0 Å². The number of benzene rings is 2. The van der Waals surface area contributed by atoms with Gasteiger partial charge < -0.3 is 0 Å². The van der Waals surface area contributed by atoms with Crippen molar-refractivity contribution in [3.05, 3.63) is 65.7 Å². The van der Waals surface area contributed by atoms with Gasteiger partial charge in [-0.05, 0) is 12.5 Å². The van der Waals surface area contributed by atoms with Crippen molar-refractivity contribution >= 4 is 27.8 Å². The average molecular weight is 473 g/mol. The average Bonchev–Trinajstić information content (AvgIpc) is 2.80. The van der Waals surface area contributed by atoms with Crippen molar-refractivity contribution in [1.82, 2.24) is 0 Å². The second kappa shape index (κ2) is 9.52. The topological polar surface area (TPSA) is 0 Å². The van der Waals surface area contributed by atoms with Crippen molar-refractivity contribution in [3.63, 3.8) is 0 Å². The Hall–Kier alpha value is 0.396. The summed E-state index contributed by atoms with van der Waals surface area (Å²) < 4.78 is 0. The Balaban J connectivity index is 0.000000510. The fraction of sp³-hybridized carbons (Fsp3) is 0.118. The van der Waals surface area contributed by atoms with Crippen LogP contribution in [-0.4, -0.2) is 0 Å². The third-order valence-electron chi connectivity index (χ3n) is 3.20. The molecule has 0 aliphatic rings. The van der Waals surface area contributed by atoms with E-state index in [0.29, 0.717) is 0 Å². The van der Waals surface area contributed by atoms with E-state index in [-0.39, 0.29) is 26.2 Å². The van der Waals surface area contributed by atoms with E-state index in [0.717, 1.165) is 0 Å². The zero-order chi connectivity index (χ0) is 14.5. The summed E-state index contributed by atoms with van der Waals surface area (Å²) in [6, 6.07) is 19.7. The molecule has 0 N–H and O–H groups in total. The molecule has 0 heterocycles. The molecule has 3 aromatic rings. The minimum absolute atomic E-state index is 0. The van der Waals surface area contributed by atoms with Crippen LogP contribution in [0.2, 0.25) is 0 Å². The molecule has 0 amide bonds. The van der Waals surface area contributed by atoms with Crippen molar-refractivity contribution in [2.24, 2.45) is 0 Å². The van der Waals surface area contributed by atoms with Crippen molar-refractivity contribution in [3.8, 4) is 11.1 Å². The third kappa shape index (κ3) is 5.21. The summed E-state index contributed by atoms with van der Waals surface area (Å²) in [7, 11) is 9.87. The summed E-state index contributed by atoms with van der Waals surface area (Å²) in [5.41, 5.74) is 5.30. The van der Waals surface area contributed by atoms with Gasteiger partial charge in [0.05, 0.1) is 0 Å². The van der Waals surface area contributed by atoms with E-state index >= 15 is 0 Å². The van der Waals surface area contributed by atoms with Crippen LogP contribution < -0.4 is 0 Å². The first-order chi connectivity index (χ1) is 9.65. The zero-order valence-electron chi connectivity index (χ0n) is 12.0. The van der Waals surface area contributed by atoms with Crippen molar-refractivity contribution in [2.45, 2.75) is 13.8 Å². The summed E-state index contributed by atoms with van der Waals surface area (Å²) in [6.45, 7) is 4.32. The van der Waals surface area contributed by atoms with Crippen LogP contribution in [0, 0.1) is 13.8 Å². The van der Waals surface area contributed by atoms with E-state index in [2.05, 4.69) is 68.4 Å². The first-order valence-corrected chi connectivity index (χ1v) is 12.7. The number of hydrogen-bond acceptors (Lipinski definition) is 0. The molecule has 0 aliphatic heterocycles. The number of rotatable bonds is 1. The normalized spacial score (nSPS) is 9.52. The monoisotopic (exact) mass is 469 g/mol. The van der Waals surface area contributed by atoms with Gasteiger partial charge in [0, 0.05) is 26.2 Å². The van der Waals surface area contributed by atoms with E-state index < -0.39 is 20.8 Å². The van der Waals surface area contributed by atoms with Gasteiger partial charge in [0.15, 0.2) is 0 Å². The first-order valence-electron chi connectivity index (χ1n) is 6.35. The molecule has 0 saturated carbocycles. The van der Waals surface area contributed by atoms with E-state index in [1.165, 1.54) is 33.0 Å². The largest absolute Gasteiger partial charge is 0 e. The summed E-state index contributed by atoms with van der Waals surface area (Å²) in [5, 5.41) is 2.71. The predicted molar refractivity (Wildman–Crippen MR) is 86.2 cm³/mol. The van der Waals surface area contributed by atoms with Gasteiger partial charge >= 0.3 is 37.9 Å². The fourth-order valence-electron chi connectivity index (χ4n) is 2.48. The van der Waals surface area contributed by atoms with Gasteiger partial charge in [-0.1, -0.05) is 54.4 Å². The van der Waals surface area contributed by atoms with Crippen molar-refractivity contribution in [2.75, 3.05) is 0 Å². The molecular weight excluding hydrogens is 458 g/mol. The SMILES string of the molecule is Cc1cc(-c2ccccc2)c2cc(C)[cH-]c2c1.[Cl][Zr][Cl].[Zr]. The molecule has 0 saturated heterocycles. The number of hydrogen-bond donors (Lipinski definition) is 0. The first kappa shape index (κ1) is 19.4. The second-order valence-corrected chi connectivity index (χ2v) is 8.52. The molecule has 3 rings (SSSR count). The Morgan fingerprint density at radius 1 is 0.952 bits per heavy atom. The molecular formula is C17H15Cl2Zr2-. The summed E-state index contributed by atoms with van der Waals surface area (Å²) in [5.74, 6) is 0. The molecule has 0 unspecified atom stereocenters. The summed E-state index contributed by atoms with van der Waals surface area (Å²) in [4.78, 5) is 0. The molecule has 0 spiro atoms. The molecule has 106 valence electrons. The molecule has 3 aromatic carbocycles. The van der Waals surface area contributed by atoms with Crippen LogP contribution in [0.4, 0.5) is 0 Å². The van der Waals surface area contributed by atoms with Gasteiger partial charge in [-0.15, -0.1) is 28.5 Å². The van der Waals surface area contributed by atoms with Gasteiger partial charge in [-0.3, -0.25) is 0 Å². The zero-order valence-corrected chi connectivity index (χ0v) is 18.4. The molecule has 0 aliphatic carbocycles. The van der Waals surface area contributed by atoms with Crippen LogP contribution in [0.25, 0.3) is 21.9 Å². The Bertz CT molecular complexity index is 691. The Kier molecular flexibility index (Phi) is 8.81. The standard InChI is InChI=1S/C17H15.2ClH.2Zr/c1-12-8-15-9-13(2)11-17(15)16(10-12)14-6-4-3-5-7-14;;;;/h3-11H,1-2H3;2*1H;;/q-1;;;;+2/p-2. The quantitative estimate of drug-likeness (QED) is 0.369. The molecule has 0 nitrogen and oxygen atoms in total. The van der Waals surface area contributed by atoms with Crippen molar-refractivity contribution < 1.29 is 47.1 Å². The molecule has 0 aromatic heterocycles. The summed E-state index contributed by atoms with van der Waals surface area (Å²) in [6.07, 6.45) is 0. The second-order valence-electron chi connectivity index (χ2n) is 4.79. The van der Waals surface area contributed by atoms with Crippen LogP contribution in [0.15, 0.2) is 54.6 Å². The van der Waals surface area contributed by atoms with E-state index in [9.17, 15) is 0 Å². The Labute approximate surface area is 164 Å². The van der Waals surface area contributed by atoms with Crippen LogP contribution in [0.1, 0.15) is 11.1 Å². The number of aryl methyl sites for hydroxylation is 2. The smallest absolute Gasteiger partial charge is 0 e. The molecule has 0 radical (unpaired) electrons. The summed E-state index contributed by atoms with van der Waals surface area (Å²) >= 11 is -0.826. The predicted octanol–water partition coefficient (Wildman–Crippen LogP) is 6.22. The molecule has 0 fully saturated rings. The van der Waals surface area contributed by atoms with E-state index in [1.807, 2.05) is 0 Å². The van der Waals surface area contributed by atoms with Gasteiger partial charge in [0.25, 0.3) is 0 Å². The van der Waals surface area contributed by atoms with Gasteiger partial charge in [-0.25, -0.2) is 0 Å². The maximum Gasteiger partial charge on any atom is 0 e. The molecule has 0 atom stereocenters.